The highest BCUT2D eigenvalue weighted by Gasteiger charge is 2.34. The van der Waals surface area contributed by atoms with Crippen LogP contribution < -0.4 is 11.0 Å². The first kappa shape index (κ1) is 26.0. The summed E-state index contributed by atoms with van der Waals surface area (Å²) in [5.74, 6) is 0.164. The number of nitrogens with one attached hydrogen (secondary N) is 2. The van der Waals surface area contributed by atoms with Gasteiger partial charge in [-0.05, 0) is 49.8 Å². The standard InChI is InChI=1S/C29H37N5O4/c1-20-7-6-10-25-26(20)31-29(37)34(25)23-13-15-32(16-14-23)28(36)30-24-12-11-22(21-8-4-3-5-9-21)19-33(27(24)35)17-18-38-2/h3-10,22-24H,11-19H2,1-2H3,(H,30,36)(H,31,37). The molecule has 3 aromatic rings. The van der Waals surface area contributed by atoms with Crippen LogP contribution in [0.3, 0.4) is 0 Å². The molecule has 1 aromatic heterocycles. The van der Waals surface area contributed by atoms with E-state index in [1.807, 2.05) is 52.8 Å². The molecule has 202 valence electrons. The van der Waals surface area contributed by atoms with Gasteiger partial charge in [-0.1, -0.05) is 42.5 Å². The molecule has 2 aromatic carbocycles. The predicted molar refractivity (Wildman–Crippen MR) is 146 cm³/mol. The summed E-state index contributed by atoms with van der Waals surface area (Å²) >= 11 is 0. The van der Waals surface area contributed by atoms with Gasteiger partial charge < -0.3 is 24.8 Å². The lowest BCUT2D eigenvalue weighted by Gasteiger charge is -2.34. The lowest BCUT2D eigenvalue weighted by atomic mass is 9.94. The van der Waals surface area contributed by atoms with E-state index < -0.39 is 6.04 Å². The van der Waals surface area contributed by atoms with Gasteiger partial charge in [-0.3, -0.25) is 9.36 Å². The van der Waals surface area contributed by atoms with E-state index in [1.165, 1.54) is 5.56 Å². The highest BCUT2D eigenvalue weighted by atomic mass is 16.5. The van der Waals surface area contributed by atoms with Crippen LogP contribution in [0.5, 0.6) is 0 Å². The molecule has 2 aliphatic heterocycles. The molecule has 0 radical (unpaired) electrons. The van der Waals surface area contributed by atoms with Crippen molar-refractivity contribution in [1.29, 1.82) is 0 Å². The average Bonchev–Trinajstić information content (AvgIpc) is 3.20. The lowest BCUT2D eigenvalue weighted by Crippen LogP contribution is -2.53. The predicted octanol–water partition coefficient (Wildman–Crippen LogP) is 3.41. The summed E-state index contributed by atoms with van der Waals surface area (Å²) in [6, 6.07) is 15.4. The second-order valence-electron chi connectivity index (χ2n) is 10.5. The monoisotopic (exact) mass is 519 g/mol. The summed E-state index contributed by atoms with van der Waals surface area (Å²) in [6.07, 6.45) is 2.77. The number of piperidine rings is 1. The number of para-hydroxylation sites is 1. The fourth-order valence-corrected chi connectivity index (χ4v) is 5.92. The van der Waals surface area contributed by atoms with Crippen molar-refractivity contribution < 1.29 is 14.3 Å². The van der Waals surface area contributed by atoms with E-state index in [9.17, 15) is 14.4 Å². The number of hydrogen-bond acceptors (Lipinski definition) is 4. The van der Waals surface area contributed by atoms with Gasteiger partial charge >= 0.3 is 11.7 Å². The Hall–Kier alpha value is -3.59. The quantitative estimate of drug-likeness (QED) is 0.521. The van der Waals surface area contributed by atoms with Crippen LogP contribution in [0.4, 0.5) is 4.79 Å². The number of rotatable bonds is 6. The van der Waals surface area contributed by atoms with E-state index in [-0.39, 0.29) is 29.6 Å². The molecule has 2 fully saturated rings. The zero-order chi connectivity index (χ0) is 26.6. The third kappa shape index (κ3) is 5.34. The Morgan fingerprint density at radius 3 is 2.53 bits per heavy atom. The van der Waals surface area contributed by atoms with Crippen LogP contribution in [-0.2, 0) is 9.53 Å². The van der Waals surface area contributed by atoms with Crippen LogP contribution in [0.25, 0.3) is 11.0 Å². The molecular formula is C29H37N5O4. The molecule has 2 N–H and O–H groups in total. The van der Waals surface area contributed by atoms with Crippen LogP contribution in [0.2, 0.25) is 0 Å². The van der Waals surface area contributed by atoms with Crippen molar-refractivity contribution in [3.05, 3.63) is 70.1 Å². The van der Waals surface area contributed by atoms with Gasteiger partial charge in [0.1, 0.15) is 6.04 Å². The normalized spacial score (nSPS) is 21.1. The van der Waals surface area contributed by atoms with Crippen LogP contribution in [0.15, 0.2) is 53.3 Å². The molecule has 0 bridgehead atoms. The van der Waals surface area contributed by atoms with E-state index >= 15 is 0 Å². The minimum absolute atomic E-state index is 0.0257. The molecule has 9 heteroatoms. The van der Waals surface area contributed by atoms with Gasteiger partial charge in [-0.25, -0.2) is 9.59 Å². The SMILES string of the molecule is COCCN1CC(c2ccccc2)CCC(NC(=O)N2CCC(n3c(=O)[nH]c4c(C)cccc43)CC2)C1=O. The maximum absolute atomic E-state index is 13.4. The number of carbonyl (C=O) groups is 2. The van der Waals surface area contributed by atoms with Crippen molar-refractivity contribution in [2.45, 2.75) is 50.6 Å². The number of methoxy groups -OCH3 is 1. The molecule has 9 nitrogen and oxygen atoms in total. The van der Waals surface area contributed by atoms with Gasteiger partial charge in [0.2, 0.25) is 5.91 Å². The Morgan fingerprint density at radius 2 is 1.79 bits per heavy atom. The van der Waals surface area contributed by atoms with Gasteiger partial charge in [0.15, 0.2) is 0 Å². The van der Waals surface area contributed by atoms with Crippen molar-refractivity contribution >= 4 is 23.0 Å². The number of aromatic nitrogens is 2. The third-order valence-electron chi connectivity index (χ3n) is 8.07. The van der Waals surface area contributed by atoms with E-state index in [4.69, 9.17) is 4.74 Å². The molecule has 2 saturated heterocycles. The van der Waals surface area contributed by atoms with Gasteiger partial charge in [-0.2, -0.15) is 0 Å². The summed E-state index contributed by atoms with van der Waals surface area (Å²) in [7, 11) is 1.63. The fourth-order valence-electron chi connectivity index (χ4n) is 5.92. The molecule has 3 amide bonds. The Bertz CT molecular complexity index is 1330. The summed E-state index contributed by atoms with van der Waals surface area (Å²) in [5.41, 5.74) is 3.92. The van der Waals surface area contributed by atoms with Crippen LogP contribution in [0, 0.1) is 6.92 Å². The zero-order valence-corrected chi connectivity index (χ0v) is 22.2. The molecule has 3 heterocycles. The summed E-state index contributed by atoms with van der Waals surface area (Å²) in [6.45, 7) is 4.61. The van der Waals surface area contributed by atoms with Gasteiger partial charge in [-0.15, -0.1) is 0 Å². The number of ether oxygens (including phenoxy) is 1. The number of imidazole rings is 1. The number of H-pyrrole nitrogens is 1. The maximum atomic E-state index is 13.4. The van der Waals surface area contributed by atoms with Crippen LogP contribution in [0.1, 0.15) is 48.8 Å². The first-order valence-electron chi connectivity index (χ1n) is 13.5. The van der Waals surface area contributed by atoms with E-state index in [1.54, 1.807) is 12.0 Å². The number of urea groups is 1. The van der Waals surface area contributed by atoms with E-state index in [0.29, 0.717) is 52.0 Å². The number of carbonyl (C=O) groups excluding carboxylic acids is 2. The van der Waals surface area contributed by atoms with E-state index in [2.05, 4.69) is 22.4 Å². The Kier molecular flexibility index (Phi) is 7.83. The largest absolute Gasteiger partial charge is 0.383 e. The zero-order valence-electron chi connectivity index (χ0n) is 22.2. The third-order valence-corrected chi connectivity index (χ3v) is 8.07. The molecular weight excluding hydrogens is 482 g/mol. The van der Waals surface area contributed by atoms with Crippen molar-refractivity contribution in [3.63, 3.8) is 0 Å². The Balaban J connectivity index is 1.24. The highest BCUT2D eigenvalue weighted by Crippen LogP contribution is 2.28. The van der Waals surface area contributed by atoms with Gasteiger partial charge in [0, 0.05) is 45.2 Å². The number of aryl methyl sites for hydroxylation is 1. The molecule has 0 saturated carbocycles. The van der Waals surface area contributed by atoms with Crippen molar-refractivity contribution in [3.8, 4) is 0 Å². The minimum atomic E-state index is -0.565. The molecule has 0 spiro atoms. The summed E-state index contributed by atoms with van der Waals surface area (Å²) in [4.78, 5) is 46.0. The van der Waals surface area contributed by atoms with Gasteiger partial charge in [0.25, 0.3) is 0 Å². The topological polar surface area (TPSA) is 99.7 Å². The summed E-state index contributed by atoms with van der Waals surface area (Å²) < 4.78 is 7.09. The number of nitrogens with zero attached hydrogens (tertiary/aromatic N) is 3. The van der Waals surface area contributed by atoms with Crippen LogP contribution in [-0.4, -0.2) is 77.2 Å². The molecule has 38 heavy (non-hydrogen) atoms. The van der Waals surface area contributed by atoms with Crippen molar-refractivity contribution in [2.75, 3.05) is 39.9 Å². The minimum Gasteiger partial charge on any atom is -0.383 e. The molecule has 2 atom stereocenters. The number of hydrogen-bond donors (Lipinski definition) is 2. The highest BCUT2D eigenvalue weighted by molar-refractivity contribution is 5.87. The first-order valence-corrected chi connectivity index (χ1v) is 13.5. The summed E-state index contributed by atoms with van der Waals surface area (Å²) in [5, 5.41) is 3.04. The smallest absolute Gasteiger partial charge is 0.326 e. The fraction of sp³-hybridized carbons (Fsp3) is 0.483. The number of likely N-dealkylation sites (tertiary alicyclic amines) is 2. The molecule has 0 aliphatic carbocycles. The molecule has 5 rings (SSSR count). The maximum Gasteiger partial charge on any atom is 0.326 e. The number of fused-ring (bicyclic) bond motifs is 1. The number of amides is 3. The van der Waals surface area contributed by atoms with Crippen LogP contribution >= 0.6 is 0 Å². The first-order chi connectivity index (χ1) is 18.5. The van der Waals surface area contributed by atoms with E-state index in [0.717, 1.165) is 23.0 Å². The average molecular weight is 520 g/mol. The molecule has 2 unspecified atom stereocenters. The second kappa shape index (κ2) is 11.4. The Labute approximate surface area is 222 Å². The van der Waals surface area contributed by atoms with Gasteiger partial charge in [0.05, 0.1) is 17.6 Å². The second-order valence-corrected chi connectivity index (χ2v) is 10.5. The van der Waals surface area contributed by atoms with Crippen molar-refractivity contribution in [1.82, 2.24) is 24.7 Å². The number of aromatic amines is 1. The Morgan fingerprint density at radius 1 is 1.03 bits per heavy atom. The number of benzene rings is 2. The lowest BCUT2D eigenvalue weighted by molar-refractivity contribution is -0.133. The molecule has 2 aliphatic rings. The van der Waals surface area contributed by atoms with Crippen molar-refractivity contribution in [2.24, 2.45) is 0 Å².